The number of hydrogen-bond acceptors (Lipinski definition) is 4. The van der Waals surface area contributed by atoms with Gasteiger partial charge in [-0.25, -0.2) is 0 Å². The molecular weight excluding hydrogens is 352 g/mol. The molecule has 0 saturated carbocycles. The molecule has 0 aromatic carbocycles. The average molecular weight is 399 g/mol. The summed E-state index contributed by atoms with van der Waals surface area (Å²) in [5.41, 5.74) is 0.00405. The fraction of sp³-hybridized carbons (Fsp3) is 0.917. The van der Waals surface area contributed by atoms with Crippen molar-refractivity contribution in [3.05, 3.63) is 0 Å². The first-order valence-electron chi connectivity index (χ1n) is 11.4. The number of ether oxygens (including phenoxy) is 2. The van der Waals surface area contributed by atoms with Crippen molar-refractivity contribution in [2.45, 2.75) is 100 Å². The Bertz CT molecular complexity index is 440. The molecule has 0 aliphatic carbocycles. The van der Waals surface area contributed by atoms with E-state index in [0.29, 0.717) is 36.9 Å². The molecule has 0 heterocycles. The number of hydrogen-bond donors (Lipinski definition) is 0. The standard InChI is InChI=1S/C24H46O4/c1-9-21(10-2)16-27-22(25)12-13-23(26)28-17-24(11-3,15-19(6)7)20(8)14-18(4)5/h18-21H,9-17H2,1-8H3. The van der Waals surface area contributed by atoms with Gasteiger partial charge >= 0.3 is 11.9 Å². The Kier molecular flexibility index (Phi) is 13.5. The zero-order valence-electron chi connectivity index (χ0n) is 19.8. The van der Waals surface area contributed by atoms with Gasteiger partial charge in [0, 0.05) is 5.41 Å². The maximum atomic E-state index is 12.3. The van der Waals surface area contributed by atoms with Crippen LogP contribution in [0.3, 0.4) is 0 Å². The first-order valence-corrected chi connectivity index (χ1v) is 11.4. The van der Waals surface area contributed by atoms with Crippen molar-refractivity contribution >= 4 is 11.9 Å². The molecule has 0 aliphatic heterocycles. The van der Waals surface area contributed by atoms with E-state index in [-0.39, 0.29) is 30.2 Å². The Morgan fingerprint density at radius 3 is 1.79 bits per heavy atom. The number of carbonyl (C=O) groups excluding carboxylic acids is 2. The van der Waals surface area contributed by atoms with E-state index in [1.54, 1.807) is 0 Å². The van der Waals surface area contributed by atoms with Gasteiger partial charge in [0.15, 0.2) is 0 Å². The zero-order valence-corrected chi connectivity index (χ0v) is 19.8. The van der Waals surface area contributed by atoms with Crippen LogP contribution in [0.1, 0.15) is 100 Å². The summed E-state index contributed by atoms with van der Waals surface area (Å²) in [6.07, 6.45) is 5.35. The molecule has 0 amide bonds. The van der Waals surface area contributed by atoms with Crippen molar-refractivity contribution in [1.82, 2.24) is 0 Å². The van der Waals surface area contributed by atoms with Crippen LogP contribution in [0.25, 0.3) is 0 Å². The van der Waals surface area contributed by atoms with Crippen LogP contribution in [0.2, 0.25) is 0 Å². The number of esters is 2. The van der Waals surface area contributed by atoms with Crippen LogP contribution in [-0.2, 0) is 19.1 Å². The Morgan fingerprint density at radius 1 is 0.821 bits per heavy atom. The van der Waals surface area contributed by atoms with Gasteiger partial charge in [0.05, 0.1) is 26.1 Å². The first kappa shape index (κ1) is 26.9. The third-order valence-corrected chi connectivity index (χ3v) is 6.08. The highest BCUT2D eigenvalue weighted by Crippen LogP contribution is 2.41. The molecule has 4 nitrogen and oxygen atoms in total. The normalized spacial score (nSPS) is 15.0. The van der Waals surface area contributed by atoms with Crippen LogP contribution in [0.15, 0.2) is 0 Å². The summed E-state index contributed by atoms with van der Waals surface area (Å²) in [6.45, 7) is 18.5. The third kappa shape index (κ3) is 10.5. The van der Waals surface area contributed by atoms with E-state index >= 15 is 0 Å². The van der Waals surface area contributed by atoms with Gasteiger partial charge in [-0.15, -0.1) is 0 Å². The Labute approximate surface area is 174 Å². The van der Waals surface area contributed by atoms with E-state index in [1.165, 1.54) is 0 Å². The van der Waals surface area contributed by atoms with Gasteiger partial charge < -0.3 is 9.47 Å². The summed E-state index contributed by atoms with van der Waals surface area (Å²) in [6, 6.07) is 0. The molecular formula is C24H46O4. The lowest BCUT2D eigenvalue weighted by Gasteiger charge is -2.40. The Balaban J connectivity index is 4.63. The average Bonchev–Trinajstić information content (AvgIpc) is 2.63. The van der Waals surface area contributed by atoms with Crippen LogP contribution in [-0.4, -0.2) is 25.2 Å². The molecule has 28 heavy (non-hydrogen) atoms. The second-order valence-electron chi connectivity index (χ2n) is 9.37. The molecule has 0 bridgehead atoms. The third-order valence-electron chi connectivity index (χ3n) is 6.08. The highest BCUT2D eigenvalue weighted by atomic mass is 16.5. The van der Waals surface area contributed by atoms with Crippen LogP contribution >= 0.6 is 0 Å². The van der Waals surface area contributed by atoms with Crippen molar-refractivity contribution in [2.24, 2.45) is 29.1 Å². The largest absolute Gasteiger partial charge is 0.465 e. The molecule has 166 valence electrons. The summed E-state index contributed by atoms with van der Waals surface area (Å²) in [7, 11) is 0. The second-order valence-corrected chi connectivity index (χ2v) is 9.37. The molecule has 0 rings (SSSR count). The SMILES string of the molecule is CCC(CC)COC(=O)CCC(=O)OCC(CC)(CC(C)C)C(C)CC(C)C. The summed E-state index contributed by atoms with van der Waals surface area (Å²) in [5.74, 6) is 1.46. The fourth-order valence-electron chi connectivity index (χ4n) is 4.08. The van der Waals surface area contributed by atoms with Gasteiger partial charge in [-0.1, -0.05) is 68.2 Å². The van der Waals surface area contributed by atoms with E-state index in [2.05, 4.69) is 55.4 Å². The molecule has 0 aromatic heterocycles. The first-order chi connectivity index (χ1) is 13.1. The fourth-order valence-corrected chi connectivity index (χ4v) is 4.08. The lowest BCUT2D eigenvalue weighted by molar-refractivity contribution is -0.154. The van der Waals surface area contributed by atoms with Gasteiger partial charge in [0.25, 0.3) is 0 Å². The van der Waals surface area contributed by atoms with E-state index in [4.69, 9.17) is 9.47 Å². The summed E-state index contributed by atoms with van der Waals surface area (Å²) in [4.78, 5) is 24.1. The smallest absolute Gasteiger partial charge is 0.306 e. The summed E-state index contributed by atoms with van der Waals surface area (Å²) < 4.78 is 11.0. The van der Waals surface area contributed by atoms with Gasteiger partial charge in [-0.3, -0.25) is 9.59 Å². The lowest BCUT2D eigenvalue weighted by atomic mass is 9.67. The maximum Gasteiger partial charge on any atom is 0.306 e. The van der Waals surface area contributed by atoms with Crippen molar-refractivity contribution < 1.29 is 19.1 Å². The molecule has 2 unspecified atom stereocenters. The molecule has 0 radical (unpaired) electrons. The van der Waals surface area contributed by atoms with Crippen molar-refractivity contribution in [3.8, 4) is 0 Å². The predicted molar refractivity (Wildman–Crippen MR) is 116 cm³/mol. The van der Waals surface area contributed by atoms with Crippen molar-refractivity contribution in [1.29, 1.82) is 0 Å². The lowest BCUT2D eigenvalue weighted by Crippen LogP contribution is -2.36. The van der Waals surface area contributed by atoms with E-state index in [0.717, 1.165) is 32.1 Å². The second kappa shape index (κ2) is 14.0. The van der Waals surface area contributed by atoms with Gasteiger partial charge in [0.2, 0.25) is 0 Å². The molecule has 0 fully saturated rings. The Morgan fingerprint density at radius 2 is 1.36 bits per heavy atom. The summed E-state index contributed by atoms with van der Waals surface area (Å²) >= 11 is 0. The van der Waals surface area contributed by atoms with Crippen LogP contribution in [0.4, 0.5) is 0 Å². The molecule has 0 spiro atoms. The molecule has 2 atom stereocenters. The number of carbonyl (C=O) groups is 2. The van der Waals surface area contributed by atoms with Crippen molar-refractivity contribution in [3.63, 3.8) is 0 Å². The zero-order chi connectivity index (χ0) is 21.7. The molecule has 4 heteroatoms. The molecule has 0 saturated heterocycles. The topological polar surface area (TPSA) is 52.6 Å². The van der Waals surface area contributed by atoms with E-state index < -0.39 is 0 Å². The van der Waals surface area contributed by atoms with Gasteiger partial charge in [0.1, 0.15) is 0 Å². The Hall–Kier alpha value is -1.06. The maximum absolute atomic E-state index is 12.3. The summed E-state index contributed by atoms with van der Waals surface area (Å²) in [5, 5.41) is 0. The van der Waals surface area contributed by atoms with Crippen molar-refractivity contribution in [2.75, 3.05) is 13.2 Å². The minimum atomic E-state index is -0.305. The highest BCUT2D eigenvalue weighted by molar-refractivity contribution is 5.77. The quantitative estimate of drug-likeness (QED) is 0.299. The number of rotatable bonds is 15. The minimum Gasteiger partial charge on any atom is -0.465 e. The highest BCUT2D eigenvalue weighted by Gasteiger charge is 2.36. The van der Waals surface area contributed by atoms with Crippen LogP contribution in [0, 0.1) is 29.1 Å². The van der Waals surface area contributed by atoms with Crippen LogP contribution in [0.5, 0.6) is 0 Å². The van der Waals surface area contributed by atoms with Crippen LogP contribution < -0.4 is 0 Å². The van der Waals surface area contributed by atoms with Gasteiger partial charge in [-0.2, -0.15) is 0 Å². The molecule has 0 aliphatic rings. The van der Waals surface area contributed by atoms with E-state index in [1.807, 2.05) is 0 Å². The minimum absolute atomic E-state index is 0.00405. The molecule has 0 N–H and O–H groups in total. The van der Waals surface area contributed by atoms with E-state index in [9.17, 15) is 9.59 Å². The molecule has 0 aromatic rings. The monoisotopic (exact) mass is 398 g/mol. The van der Waals surface area contributed by atoms with Gasteiger partial charge in [-0.05, 0) is 42.9 Å². The predicted octanol–water partition coefficient (Wildman–Crippen LogP) is 6.41.